The normalized spacial score (nSPS) is 12.3. The van der Waals surface area contributed by atoms with Crippen LogP contribution in [0.5, 0.6) is 0 Å². The summed E-state index contributed by atoms with van der Waals surface area (Å²) in [6, 6.07) is 8.27. The summed E-state index contributed by atoms with van der Waals surface area (Å²) in [5.74, 6) is -0.458. The van der Waals surface area contributed by atoms with Crippen molar-refractivity contribution in [1.29, 1.82) is 0 Å². The van der Waals surface area contributed by atoms with E-state index < -0.39 is 9.84 Å². The molecule has 0 bridgehead atoms. The summed E-state index contributed by atoms with van der Waals surface area (Å²) in [6.07, 6.45) is 0. The Morgan fingerprint density at radius 3 is 2.56 bits per heavy atom. The second-order valence-electron chi connectivity index (χ2n) is 8.78. The first-order chi connectivity index (χ1) is 15.0. The van der Waals surface area contributed by atoms with Crippen molar-refractivity contribution in [3.05, 3.63) is 69.6 Å². The van der Waals surface area contributed by atoms with Crippen molar-refractivity contribution in [3.8, 4) is 0 Å². The van der Waals surface area contributed by atoms with E-state index in [1.54, 1.807) is 29.9 Å². The van der Waals surface area contributed by atoms with Gasteiger partial charge in [0.25, 0.3) is 0 Å². The van der Waals surface area contributed by atoms with Gasteiger partial charge in [-0.1, -0.05) is 12.1 Å². The highest BCUT2D eigenvalue weighted by Crippen LogP contribution is 2.23. The molecular weight excluding hydrogens is 447 g/mol. The van der Waals surface area contributed by atoms with Crippen molar-refractivity contribution in [3.63, 3.8) is 0 Å². The van der Waals surface area contributed by atoms with Gasteiger partial charge >= 0.3 is 0 Å². The fraction of sp³-hybridized carbons (Fsp3) is 0.391. The summed E-state index contributed by atoms with van der Waals surface area (Å²) in [6.45, 7) is 8.96. The maximum Gasteiger partial charge on any atom is 0.201 e. The number of aromatic nitrogens is 2. The van der Waals surface area contributed by atoms with Crippen LogP contribution >= 0.6 is 11.3 Å². The smallest absolute Gasteiger partial charge is 0.201 e. The molecule has 0 fully saturated rings. The zero-order chi connectivity index (χ0) is 23.5. The molecule has 0 aliphatic carbocycles. The molecule has 0 unspecified atom stereocenters. The average Bonchev–Trinajstić information content (AvgIpc) is 3.20. The van der Waals surface area contributed by atoms with E-state index in [9.17, 15) is 12.8 Å². The molecule has 9 heteroatoms. The van der Waals surface area contributed by atoms with Crippen LogP contribution in [0.3, 0.4) is 0 Å². The summed E-state index contributed by atoms with van der Waals surface area (Å²) in [5.41, 5.74) is 4.75. The number of nitrogens with zero attached hydrogens (tertiary/aromatic N) is 3. The van der Waals surface area contributed by atoms with Gasteiger partial charge < -0.3 is 5.32 Å². The standard InChI is InChI=1S/C23H29FN4O2S2/c1-16-21(9-10-22(27-16)32(29,30)14-18-13-31-15-26-18)25-11-19-17(7-6-8-20(19)24)12-28(5)23(2,3)4/h6-10,13,15,25H,11-12,14H2,1-5H3. The van der Waals surface area contributed by atoms with Gasteiger partial charge in [-0.05, 0) is 58.5 Å². The van der Waals surface area contributed by atoms with Gasteiger partial charge in [0.2, 0.25) is 9.84 Å². The van der Waals surface area contributed by atoms with Gasteiger partial charge in [-0.25, -0.2) is 22.8 Å². The zero-order valence-electron chi connectivity index (χ0n) is 19.0. The van der Waals surface area contributed by atoms with Gasteiger partial charge in [-0.3, -0.25) is 4.90 Å². The number of benzene rings is 1. The molecule has 3 aromatic rings. The molecule has 32 heavy (non-hydrogen) atoms. The number of nitrogens with one attached hydrogen (secondary N) is 1. The highest BCUT2D eigenvalue weighted by molar-refractivity contribution is 7.90. The number of thiazole rings is 1. The number of aryl methyl sites for hydroxylation is 1. The Bertz CT molecular complexity index is 1170. The average molecular weight is 477 g/mol. The van der Waals surface area contributed by atoms with Gasteiger partial charge in [0.05, 0.1) is 28.3 Å². The minimum absolute atomic E-state index is 0.00642. The van der Waals surface area contributed by atoms with Crippen LogP contribution in [0.25, 0.3) is 0 Å². The number of halogens is 1. The molecule has 0 spiro atoms. The highest BCUT2D eigenvalue weighted by atomic mass is 32.2. The van der Waals surface area contributed by atoms with E-state index >= 15 is 0 Å². The topological polar surface area (TPSA) is 75.2 Å². The van der Waals surface area contributed by atoms with E-state index in [-0.39, 0.29) is 28.7 Å². The monoisotopic (exact) mass is 476 g/mol. The first-order valence-electron chi connectivity index (χ1n) is 10.3. The van der Waals surface area contributed by atoms with E-state index in [1.807, 2.05) is 13.1 Å². The maximum absolute atomic E-state index is 14.6. The van der Waals surface area contributed by atoms with Crippen LogP contribution in [0, 0.1) is 12.7 Å². The van der Waals surface area contributed by atoms with Gasteiger partial charge in [0.15, 0.2) is 5.03 Å². The predicted octanol–water partition coefficient (Wildman–Crippen LogP) is 4.80. The minimum Gasteiger partial charge on any atom is -0.379 e. The first-order valence-corrected chi connectivity index (χ1v) is 12.9. The maximum atomic E-state index is 14.6. The van der Waals surface area contributed by atoms with Crippen LogP contribution in [0.15, 0.2) is 46.2 Å². The Labute approximate surface area is 193 Å². The molecule has 0 saturated carbocycles. The Morgan fingerprint density at radius 2 is 1.94 bits per heavy atom. The Kier molecular flexibility index (Phi) is 7.32. The SMILES string of the molecule is Cc1nc(S(=O)(=O)Cc2cscn2)ccc1NCc1c(F)cccc1CN(C)C(C)(C)C. The second kappa shape index (κ2) is 9.64. The number of anilines is 1. The van der Waals surface area contributed by atoms with Crippen LogP contribution in [0.4, 0.5) is 10.1 Å². The summed E-state index contributed by atoms with van der Waals surface area (Å²) in [7, 11) is -1.58. The number of rotatable bonds is 8. The van der Waals surface area contributed by atoms with Crippen LogP contribution < -0.4 is 5.32 Å². The van der Waals surface area contributed by atoms with Crippen LogP contribution in [-0.2, 0) is 28.7 Å². The van der Waals surface area contributed by atoms with Crippen molar-refractivity contribution in [1.82, 2.24) is 14.9 Å². The lowest BCUT2D eigenvalue weighted by Gasteiger charge is -2.32. The molecule has 0 atom stereocenters. The van der Waals surface area contributed by atoms with E-state index in [2.05, 4.69) is 41.0 Å². The summed E-state index contributed by atoms with van der Waals surface area (Å²) < 4.78 is 39.9. The van der Waals surface area contributed by atoms with E-state index in [0.717, 1.165) is 5.56 Å². The van der Waals surface area contributed by atoms with Crippen molar-refractivity contribution in [2.75, 3.05) is 12.4 Å². The Hall–Kier alpha value is -2.36. The molecule has 0 saturated heterocycles. The van der Waals surface area contributed by atoms with Crippen LogP contribution in [0.2, 0.25) is 0 Å². The molecule has 0 aliphatic heterocycles. The molecule has 1 N–H and O–H groups in total. The number of sulfone groups is 1. The van der Waals surface area contributed by atoms with Gasteiger partial charge in [0, 0.05) is 29.6 Å². The molecule has 0 amide bonds. The lowest BCUT2D eigenvalue weighted by Crippen LogP contribution is -2.37. The third kappa shape index (κ3) is 5.90. The van der Waals surface area contributed by atoms with E-state index in [1.165, 1.54) is 23.5 Å². The molecule has 3 rings (SSSR count). The van der Waals surface area contributed by atoms with Crippen molar-refractivity contribution < 1.29 is 12.8 Å². The Morgan fingerprint density at radius 1 is 1.19 bits per heavy atom. The quantitative estimate of drug-likeness (QED) is 0.503. The second-order valence-corrected chi connectivity index (χ2v) is 11.4. The lowest BCUT2D eigenvalue weighted by atomic mass is 10.0. The third-order valence-corrected chi connectivity index (χ3v) is 7.60. The van der Waals surface area contributed by atoms with Crippen LogP contribution in [-0.4, -0.2) is 35.9 Å². The molecule has 172 valence electrons. The number of pyridine rings is 1. The van der Waals surface area contributed by atoms with Crippen molar-refractivity contribution >= 4 is 26.9 Å². The molecule has 2 heterocycles. The molecule has 0 radical (unpaired) electrons. The molecule has 0 aliphatic rings. The summed E-state index contributed by atoms with van der Waals surface area (Å²) >= 11 is 1.35. The minimum atomic E-state index is -3.59. The fourth-order valence-corrected chi connectivity index (χ4v) is 5.01. The lowest BCUT2D eigenvalue weighted by molar-refractivity contribution is 0.167. The van der Waals surface area contributed by atoms with E-state index in [4.69, 9.17) is 0 Å². The predicted molar refractivity (Wildman–Crippen MR) is 127 cm³/mol. The molecule has 2 aromatic heterocycles. The van der Waals surface area contributed by atoms with Gasteiger partial charge in [-0.15, -0.1) is 11.3 Å². The third-order valence-electron chi connectivity index (χ3n) is 5.42. The summed E-state index contributed by atoms with van der Waals surface area (Å²) in [5, 5.41) is 4.94. The first kappa shape index (κ1) is 24.3. The van der Waals surface area contributed by atoms with Gasteiger partial charge in [-0.2, -0.15) is 0 Å². The van der Waals surface area contributed by atoms with Crippen molar-refractivity contribution in [2.45, 2.75) is 57.1 Å². The number of hydrogen-bond acceptors (Lipinski definition) is 7. The van der Waals surface area contributed by atoms with Gasteiger partial charge in [0.1, 0.15) is 5.82 Å². The molecule has 6 nitrogen and oxygen atoms in total. The Balaban J connectivity index is 1.77. The molecule has 1 aromatic carbocycles. The fourth-order valence-electron chi connectivity index (χ4n) is 3.10. The van der Waals surface area contributed by atoms with E-state index in [0.29, 0.717) is 29.2 Å². The van der Waals surface area contributed by atoms with Crippen molar-refractivity contribution in [2.24, 2.45) is 0 Å². The highest BCUT2D eigenvalue weighted by Gasteiger charge is 2.21. The largest absolute Gasteiger partial charge is 0.379 e. The van der Waals surface area contributed by atoms with Crippen LogP contribution in [0.1, 0.15) is 43.3 Å². The summed E-state index contributed by atoms with van der Waals surface area (Å²) in [4.78, 5) is 10.5. The zero-order valence-corrected chi connectivity index (χ0v) is 20.6. The number of hydrogen-bond donors (Lipinski definition) is 1. The molecular formula is C23H29FN4O2S2.